The largest absolute Gasteiger partial charge is 0.310 e. The van der Waals surface area contributed by atoms with E-state index in [4.69, 9.17) is 0 Å². The molecule has 1 aromatic heterocycles. The lowest BCUT2D eigenvalue weighted by Crippen LogP contribution is -2.16. The molecule has 0 saturated carbocycles. The fourth-order valence-electron chi connectivity index (χ4n) is 11.1. The summed E-state index contributed by atoms with van der Waals surface area (Å²) in [7, 11) is 0. The molecule has 0 fully saturated rings. The number of fused-ring (bicyclic) bond motifs is 9. The highest BCUT2D eigenvalue weighted by molar-refractivity contribution is 6.16. The number of anilines is 3. The molecule has 0 N–H and O–H groups in total. The van der Waals surface area contributed by atoms with Crippen molar-refractivity contribution in [1.29, 1.82) is 0 Å². The number of nitrogens with zero attached hydrogens (tertiary/aromatic N) is 2. The minimum atomic E-state index is -0.116. The molecule has 0 amide bonds. The summed E-state index contributed by atoms with van der Waals surface area (Å²) in [5.41, 5.74) is 19.3. The zero-order chi connectivity index (χ0) is 44.6. The lowest BCUT2D eigenvalue weighted by atomic mass is 9.82. The summed E-state index contributed by atoms with van der Waals surface area (Å²) in [6, 6.07) is 89.4. The fraction of sp³-hybridized carbons (Fsp3) is 0.0462. The van der Waals surface area contributed by atoms with E-state index < -0.39 is 0 Å². The summed E-state index contributed by atoms with van der Waals surface area (Å²) >= 11 is 0. The van der Waals surface area contributed by atoms with E-state index in [0.29, 0.717) is 0 Å². The van der Waals surface area contributed by atoms with Gasteiger partial charge in [-0.2, -0.15) is 0 Å². The van der Waals surface area contributed by atoms with Gasteiger partial charge in [-0.1, -0.05) is 196 Å². The minimum Gasteiger partial charge on any atom is -0.310 e. The maximum Gasteiger partial charge on any atom is 0.0547 e. The van der Waals surface area contributed by atoms with Crippen LogP contribution in [0.25, 0.3) is 93.5 Å². The average molecular weight is 855 g/mol. The van der Waals surface area contributed by atoms with Gasteiger partial charge in [0.1, 0.15) is 0 Å². The molecule has 316 valence electrons. The van der Waals surface area contributed by atoms with Crippen LogP contribution in [-0.4, -0.2) is 4.57 Å². The Bertz CT molecular complexity index is 3870. The lowest BCUT2D eigenvalue weighted by Gasteiger charge is -2.28. The van der Waals surface area contributed by atoms with Crippen LogP contribution in [0.15, 0.2) is 243 Å². The summed E-state index contributed by atoms with van der Waals surface area (Å²) in [5, 5.41) is 7.55. The van der Waals surface area contributed by atoms with Gasteiger partial charge in [0.15, 0.2) is 0 Å². The lowest BCUT2D eigenvalue weighted by molar-refractivity contribution is 0.660. The van der Waals surface area contributed by atoms with Crippen molar-refractivity contribution in [3.63, 3.8) is 0 Å². The maximum absolute atomic E-state index is 2.48. The Morgan fingerprint density at radius 3 is 1.66 bits per heavy atom. The molecule has 0 saturated heterocycles. The first-order valence-electron chi connectivity index (χ1n) is 23.3. The highest BCUT2D eigenvalue weighted by atomic mass is 15.1. The van der Waals surface area contributed by atoms with Gasteiger partial charge in [-0.3, -0.25) is 0 Å². The van der Waals surface area contributed by atoms with Crippen LogP contribution in [-0.2, 0) is 5.41 Å². The van der Waals surface area contributed by atoms with Crippen molar-refractivity contribution in [3.05, 3.63) is 254 Å². The van der Waals surface area contributed by atoms with Crippen LogP contribution in [0, 0.1) is 0 Å². The number of aromatic nitrogens is 1. The molecule has 13 rings (SSSR count). The van der Waals surface area contributed by atoms with Crippen molar-refractivity contribution in [2.24, 2.45) is 0 Å². The van der Waals surface area contributed by atoms with Crippen molar-refractivity contribution >= 4 is 60.4 Å². The van der Waals surface area contributed by atoms with Crippen LogP contribution in [0.4, 0.5) is 17.1 Å². The quantitative estimate of drug-likeness (QED) is 0.145. The Morgan fingerprint density at radius 2 is 0.866 bits per heavy atom. The molecule has 2 heteroatoms. The number of benzene rings is 11. The standard InChI is InChI=1S/C65H46N2/c1-65(2)60-25-13-10-23-55(60)56-39-37-50(42-61(56)65)66(48-33-28-44(29-34-48)43-16-4-3-5-17-43)49-35-30-45(31-36-49)52-20-11-14-26-62(52)67-63-27-15-12-24-57(63)58-38-32-47(41-64(58)67)59-40-46-18-6-7-19-51(46)53-21-8-9-22-54(53)59/h3-42H,1-2H3. The fourth-order valence-corrected chi connectivity index (χ4v) is 11.1. The molecule has 1 aliphatic carbocycles. The normalized spacial score (nSPS) is 12.7. The van der Waals surface area contributed by atoms with Gasteiger partial charge in [-0.05, 0) is 132 Å². The topological polar surface area (TPSA) is 8.17 Å². The van der Waals surface area contributed by atoms with Gasteiger partial charge < -0.3 is 9.47 Å². The van der Waals surface area contributed by atoms with Crippen LogP contribution >= 0.6 is 0 Å². The highest BCUT2D eigenvalue weighted by Gasteiger charge is 2.35. The molecule has 11 aromatic carbocycles. The third kappa shape index (κ3) is 6.25. The molecule has 2 nitrogen and oxygen atoms in total. The molecule has 0 atom stereocenters. The smallest absolute Gasteiger partial charge is 0.0547 e. The molecule has 0 bridgehead atoms. The molecule has 0 unspecified atom stereocenters. The van der Waals surface area contributed by atoms with Crippen molar-refractivity contribution < 1.29 is 0 Å². The van der Waals surface area contributed by atoms with Crippen molar-refractivity contribution in [3.8, 4) is 50.2 Å². The first-order valence-corrected chi connectivity index (χ1v) is 23.3. The van der Waals surface area contributed by atoms with E-state index in [-0.39, 0.29) is 5.41 Å². The summed E-state index contributed by atoms with van der Waals surface area (Å²) in [6.07, 6.45) is 0. The monoisotopic (exact) mass is 854 g/mol. The van der Waals surface area contributed by atoms with Crippen molar-refractivity contribution in [2.45, 2.75) is 19.3 Å². The second-order valence-electron chi connectivity index (χ2n) is 18.5. The van der Waals surface area contributed by atoms with Gasteiger partial charge in [0.05, 0.1) is 16.7 Å². The SMILES string of the molecule is CC1(C)c2ccccc2-c2ccc(N(c3ccc(-c4ccccc4)cc3)c3ccc(-c4ccccc4-n4c5ccccc5c5ccc(-c6cc7ccccc7c7ccccc67)cc54)cc3)cc21. The van der Waals surface area contributed by atoms with E-state index in [1.165, 1.54) is 93.4 Å². The maximum atomic E-state index is 2.48. The van der Waals surface area contributed by atoms with Gasteiger partial charge in [-0.25, -0.2) is 0 Å². The van der Waals surface area contributed by atoms with Gasteiger partial charge in [-0.15, -0.1) is 0 Å². The number of hydrogen-bond donors (Lipinski definition) is 0. The zero-order valence-corrected chi connectivity index (χ0v) is 37.5. The average Bonchev–Trinajstić information content (AvgIpc) is 3.84. The van der Waals surface area contributed by atoms with E-state index in [9.17, 15) is 0 Å². The predicted octanol–water partition coefficient (Wildman–Crippen LogP) is 17.9. The second kappa shape index (κ2) is 15.3. The van der Waals surface area contributed by atoms with Crippen LogP contribution in [0.1, 0.15) is 25.0 Å². The Kier molecular flexibility index (Phi) is 8.91. The molecule has 12 aromatic rings. The first-order chi connectivity index (χ1) is 33.0. The molecule has 0 spiro atoms. The van der Waals surface area contributed by atoms with E-state index in [0.717, 1.165) is 28.3 Å². The number of para-hydroxylation sites is 2. The Morgan fingerprint density at radius 1 is 0.313 bits per heavy atom. The van der Waals surface area contributed by atoms with Gasteiger partial charge in [0, 0.05) is 38.8 Å². The molecule has 1 aliphatic rings. The minimum absolute atomic E-state index is 0.116. The number of hydrogen-bond acceptors (Lipinski definition) is 1. The van der Waals surface area contributed by atoms with E-state index in [2.05, 4.69) is 266 Å². The molecule has 1 heterocycles. The van der Waals surface area contributed by atoms with Crippen LogP contribution < -0.4 is 4.90 Å². The van der Waals surface area contributed by atoms with Crippen molar-refractivity contribution in [1.82, 2.24) is 4.57 Å². The number of rotatable bonds is 7. The second-order valence-corrected chi connectivity index (χ2v) is 18.5. The van der Waals surface area contributed by atoms with E-state index >= 15 is 0 Å². The summed E-state index contributed by atoms with van der Waals surface area (Å²) < 4.78 is 2.48. The third-order valence-electron chi connectivity index (χ3n) is 14.4. The Balaban J connectivity index is 0.942. The van der Waals surface area contributed by atoms with Gasteiger partial charge >= 0.3 is 0 Å². The molecule has 0 aliphatic heterocycles. The molecule has 0 radical (unpaired) electrons. The van der Waals surface area contributed by atoms with Crippen LogP contribution in [0.2, 0.25) is 0 Å². The van der Waals surface area contributed by atoms with Gasteiger partial charge in [0.25, 0.3) is 0 Å². The molecular weight excluding hydrogens is 809 g/mol. The zero-order valence-electron chi connectivity index (χ0n) is 37.5. The third-order valence-corrected chi connectivity index (χ3v) is 14.4. The summed E-state index contributed by atoms with van der Waals surface area (Å²) in [4.78, 5) is 2.41. The van der Waals surface area contributed by atoms with Crippen LogP contribution in [0.5, 0.6) is 0 Å². The van der Waals surface area contributed by atoms with Crippen molar-refractivity contribution in [2.75, 3.05) is 4.90 Å². The van der Waals surface area contributed by atoms with E-state index in [1.54, 1.807) is 0 Å². The predicted molar refractivity (Wildman–Crippen MR) is 284 cm³/mol. The Labute approximate surface area is 391 Å². The molecule has 67 heavy (non-hydrogen) atoms. The highest BCUT2D eigenvalue weighted by Crippen LogP contribution is 2.51. The summed E-state index contributed by atoms with van der Waals surface area (Å²) in [6.45, 7) is 4.71. The van der Waals surface area contributed by atoms with Crippen LogP contribution in [0.3, 0.4) is 0 Å². The summed E-state index contributed by atoms with van der Waals surface area (Å²) in [5.74, 6) is 0. The Hall–Kier alpha value is -8.46. The first kappa shape index (κ1) is 39.0. The van der Waals surface area contributed by atoms with E-state index in [1.807, 2.05) is 0 Å². The van der Waals surface area contributed by atoms with Gasteiger partial charge in [0.2, 0.25) is 0 Å². The molecular formula is C65H46N2.